The topological polar surface area (TPSA) is 84.2 Å². The lowest BCUT2D eigenvalue weighted by Crippen LogP contribution is -2.33. The monoisotopic (exact) mass is 287 g/mol. The fraction of sp³-hybridized carbons (Fsp3) is 0.500. The first kappa shape index (κ1) is 14.2. The van der Waals surface area contributed by atoms with Crippen LogP contribution in [0.3, 0.4) is 0 Å². The SMILES string of the molecule is NS(=O)(=O)c1ccc(NCC2CCCNC2)c(F)c1. The zero-order valence-corrected chi connectivity index (χ0v) is 11.3. The van der Waals surface area contributed by atoms with E-state index in [1.54, 1.807) is 0 Å². The Balaban J connectivity index is 2.01. The van der Waals surface area contributed by atoms with Crippen LogP contribution in [-0.2, 0) is 10.0 Å². The van der Waals surface area contributed by atoms with E-state index in [1.165, 1.54) is 12.1 Å². The number of piperidine rings is 1. The summed E-state index contributed by atoms with van der Waals surface area (Å²) in [4.78, 5) is -0.213. The molecular formula is C12H18FN3O2S. The zero-order valence-electron chi connectivity index (χ0n) is 10.5. The lowest BCUT2D eigenvalue weighted by atomic mass is 10.00. The van der Waals surface area contributed by atoms with Gasteiger partial charge < -0.3 is 10.6 Å². The maximum absolute atomic E-state index is 13.7. The summed E-state index contributed by atoms with van der Waals surface area (Å²) in [5.41, 5.74) is 0.304. The molecule has 0 spiro atoms. The summed E-state index contributed by atoms with van der Waals surface area (Å²) >= 11 is 0. The number of nitrogens with one attached hydrogen (secondary N) is 2. The third kappa shape index (κ3) is 3.89. The predicted octanol–water partition coefficient (Wildman–Crippen LogP) is 0.885. The van der Waals surface area contributed by atoms with E-state index >= 15 is 0 Å². The van der Waals surface area contributed by atoms with Crippen LogP contribution in [0.4, 0.5) is 10.1 Å². The van der Waals surface area contributed by atoms with Crippen molar-refractivity contribution in [2.75, 3.05) is 25.0 Å². The van der Waals surface area contributed by atoms with Crippen molar-refractivity contribution < 1.29 is 12.8 Å². The van der Waals surface area contributed by atoms with Crippen molar-refractivity contribution >= 4 is 15.7 Å². The van der Waals surface area contributed by atoms with E-state index in [0.717, 1.165) is 32.0 Å². The molecule has 1 aromatic carbocycles. The molecule has 0 aromatic heterocycles. The summed E-state index contributed by atoms with van der Waals surface area (Å²) in [6, 6.07) is 3.65. The molecule has 5 nitrogen and oxygen atoms in total. The normalized spacial score (nSPS) is 20.2. The van der Waals surface area contributed by atoms with Crippen LogP contribution in [0.25, 0.3) is 0 Å². The number of halogens is 1. The van der Waals surface area contributed by atoms with E-state index in [2.05, 4.69) is 10.6 Å². The molecule has 1 aromatic rings. The van der Waals surface area contributed by atoms with Crippen LogP contribution in [0, 0.1) is 11.7 Å². The number of primary sulfonamides is 1. The van der Waals surface area contributed by atoms with Crippen molar-refractivity contribution in [3.8, 4) is 0 Å². The second-order valence-corrected chi connectivity index (χ2v) is 6.34. The summed E-state index contributed by atoms with van der Waals surface area (Å²) in [7, 11) is -3.86. The van der Waals surface area contributed by atoms with Gasteiger partial charge in [-0.3, -0.25) is 0 Å². The van der Waals surface area contributed by atoms with Gasteiger partial charge in [0.25, 0.3) is 0 Å². The van der Waals surface area contributed by atoms with Gasteiger partial charge in [-0.25, -0.2) is 17.9 Å². The molecule has 106 valence electrons. The molecule has 0 aliphatic carbocycles. The Labute approximate surface area is 112 Å². The number of benzene rings is 1. The molecule has 1 aliphatic rings. The van der Waals surface area contributed by atoms with Crippen LogP contribution < -0.4 is 15.8 Å². The molecule has 1 heterocycles. The molecule has 0 bridgehead atoms. The molecule has 1 fully saturated rings. The Hall–Kier alpha value is -1.18. The van der Waals surface area contributed by atoms with Crippen molar-refractivity contribution in [2.45, 2.75) is 17.7 Å². The zero-order chi connectivity index (χ0) is 13.9. The highest BCUT2D eigenvalue weighted by Crippen LogP contribution is 2.19. The van der Waals surface area contributed by atoms with Gasteiger partial charge in [-0.2, -0.15) is 0 Å². The summed E-state index contributed by atoms with van der Waals surface area (Å²) in [5, 5.41) is 11.2. The molecule has 4 N–H and O–H groups in total. The Morgan fingerprint density at radius 1 is 1.47 bits per heavy atom. The highest BCUT2D eigenvalue weighted by molar-refractivity contribution is 7.89. The van der Waals surface area contributed by atoms with Crippen LogP contribution in [-0.4, -0.2) is 28.1 Å². The maximum Gasteiger partial charge on any atom is 0.238 e. The second-order valence-electron chi connectivity index (χ2n) is 4.78. The highest BCUT2D eigenvalue weighted by atomic mass is 32.2. The fourth-order valence-corrected chi connectivity index (χ4v) is 2.69. The van der Waals surface area contributed by atoms with E-state index in [9.17, 15) is 12.8 Å². The Kier molecular flexibility index (Phi) is 4.38. The molecule has 1 atom stereocenters. The van der Waals surface area contributed by atoms with Gasteiger partial charge >= 0.3 is 0 Å². The quantitative estimate of drug-likeness (QED) is 0.767. The maximum atomic E-state index is 13.7. The number of nitrogens with two attached hydrogens (primary N) is 1. The smallest absolute Gasteiger partial charge is 0.238 e. The molecule has 1 saturated heterocycles. The second kappa shape index (κ2) is 5.85. The van der Waals surface area contributed by atoms with E-state index < -0.39 is 15.8 Å². The average molecular weight is 287 g/mol. The number of anilines is 1. The first-order chi connectivity index (χ1) is 8.97. The molecule has 19 heavy (non-hydrogen) atoms. The van der Waals surface area contributed by atoms with Crippen LogP contribution >= 0.6 is 0 Å². The van der Waals surface area contributed by atoms with Crippen molar-refractivity contribution in [3.63, 3.8) is 0 Å². The van der Waals surface area contributed by atoms with Gasteiger partial charge in [-0.1, -0.05) is 0 Å². The molecule has 7 heteroatoms. The molecule has 1 aliphatic heterocycles. The van der Waals surface area contributed by atoms with Crippen molar-refractivity contribution in [1.82, 2.24) is 5.32 Å². The van der Waals surface area contributed by atoms with Gasteiger partial charge in [0.15, 0.2) is 0 Å². The van der Waals surface area contributed by atoms with Gasteiger partial charge in [0, 0.05) is 6.54 Å². The summed E-state index contributed by atoms with van der Waals surface area (Å²) in [6.45, 7) is 2.62. The van der Waals surface area contributed by atoms with Crippen molar-refractivity contribution in [1.29, 1.82) is 0 Å². The highest BCUT2D eigenvalue weighted by Gasteiger charge is 2.15. The molecule has 0 saturated carbocycles. The van der Waals surface area contributed by atoms with Crippen LogP contribution in [0.15, 0.2) is 23.1 Å². The summed E-state index contributed by atoms with van der Waals surface area (Å²) in [5.74, 6) is -0.138. The molecular weight excluding hydrogens is 269 g/mol. The third-order valence-electron chi connectivity index (χ3n) is 3.25. The molecule has 1 unspecified atom stereocenters. The third-order valence-corrected chi connectivity index (χ3v) is 4.16. The van der Waals surface area contributed by atoms with Crippen LogP contribution in [0.2, 0.25) is 0 Å². The molecule has 2 rings (SSSR count). The van der Waals surface area contributed by atoms with E-state index in [-0.39, 0.29) is 4.90 Å². The van der Waals surface area contributed by atoms with E-state index in [1.807, 2.05) is 0 Å². The average Bonchev–Trinajstić information content (AvgIpc) is 2.37. The summed E-state index contributed by atoms with van der Waals surface area (Å²) in [6.07, 6.45) is 2.23. The van der Waals surface area contributed by atoms with Gasteiger partial charge in [-0.05, 0) is 50.0 Å². The summed E-state index contributed by atoms with van der Waals surface area (Å²) < 4.78 is 35.9. The number of rotatable bonds is 4. The predicted molar refractivity (Wildman–Crippen MR) is 71.9 cm³/mol. The first-order valence-corrected chi connectivity index (χ1v) is 7.78. The number of hydrogen-bond donors (Lipinski definition) is 3. The van der Waals surface area contributed by atoms with Crippen molar-refractivity contribution in [2.24, 2.45) is 11.1 Å². The van der Waals surface area contributed by atoms with Crippen LogP contribution in [0.1, 0.15) is 12.8 Å². The van der Waals surface area contributed by atoms with Crippen molar-refractivity contribution in [3.05, 3.63) is 24.0 Å². The largest absolute Gasteiger partial charge is 0.382 e. The van der Waals surface area contributed by atoms with Gasteiger partial charge in [0.2, 0.25) is 10.0 Å². The standard InChI is InChI=1S/C12H18FN3O2S/c13-11-6-10(19(14,17)18)3-4-12(11)16-8-9-2-1-5-15-7-9/h3-4,6,9,15-16H,1-2,5,7-8H2,(H2,14,17,18). The Bertz CT molecular complexity index is 542. The number of sulfonamides is 1. The molecule has 0 radical (unpaired) electrons. The minimum Gasteiger partial charge on any atom is -0.382 e. The minimum atomic E-state index is -3.86. The van der Waals surface area contributed by atoms with Crippen LogP contribution in [0.5, 0.6) is 0 Å². The first-order valence-electron chi connectivity index (χ1n) is 6.24. The fourth-order valence-electron chi connectivity index (χ4n) is 2.17. The Morgan fingerprint density at radius 3 is 2.84 bits per heavy atom. The van der Waals surface area contributed by atoms with Gasteiger partial charge in [-0.15, -0.1) is 0 Å². The number of hydrogen-bond acceptors (Lipinski definition) is 4. The molecule has 0 amide bonds. The lowest BCUT2D eigenvalue weighted by Gasteiger charge is -2.23. The van der Waals surface area contributed by atoms with E-state index in [0.29, 0.717) is 18.2 Å². The minimum absolute atomic E-state index is 0.213. The van der Waals surface area contributed by atoms with Gasteiger partial charge in [0.05, 0.1) is 10.6 Å². The Morgan fingerprint density at radius 2 is 2.26 bits per heavy atom. The lowest BCUT2D eigenvalue weighted by molar-refractivity contribution is 0.392. The van der Waals surface area contributed by atoms with Gasteiger partial charge in [0.1, 0.15) is 5.82 Å². The van der Waals surface area contributed by atoms with E-state index in [4.69, 9.17) is 5.14 Å².